The molecule has 1 aromatic heterocycles. The van der Waals surface area contributed by atoms with Crippen LogP contribution in [0.15, 0.2) is 48.8 Å². The monoisotopic (exact) mass is 309 g/mol. The number of hydrogen-bond donors (Lipinski definition) is 1. The van der Waals surface area contributed by atoms with Crippen molar-refractivity contribution in [2.75, 3.05) is 16.8 Å². The van der Waals surface area contributed by atoms with Gasteiger partial charge in [-0.15, -0.1) is 0 Å². The molecule has 2 aromatic rings. The molecule has 0 aliphatic carbocycles. The van der Waals surface area contributed by atoms with Crippen LogP contribution in [-0.2, 0) is 16.0 Å². The van der Waals surface area contributed by atoms with Gasteiger partial charge in [-0.2, -0.15) is 0 Å². The van der Waals surface area contributed by atoms with Crippen molar-refractivity contribution in [1.29, 1.82) is 0 Å². The maximum atomic E-state index is 12.3. The molecule has 1 atom stereocenters. The molecule has 0 bridgehead atoms. The summed E-state index contributed by atoms with van der Waals surface area (Å²) in [4.78, 5) is 30.2. The van der Waals surface area contributed by atoms with Gasteiger partial charge in [0.1, 0.15) is 0 Å². The van der Waals surface area contributed by atoms with Gasteiger partial charge in [0.15, 0.2) is 0 Å². The molecular formula is C18H19N3O2. The molecule has 1 aromatic carbocycles. The van der Waals surface area contributed by atoms with E-state index in [1.807, 2.05) is 24.3 Å². The van der Waals surface area contributed by atoms with Crippen LogP contribution in [-0.4, -0.2) is 23.3 Å². The molecule has 1 aliphatic heterocycles. The summed E-state index contributed by atoms with van der Waals surface area (Å²) in [7, 11) is 0. The van der Waals surface area contributed by atoms with Crippen LogP contribution in [0.4, 0.5) is 11.4 Å². The molecule has 1 aliphatic rings. The molecule has 3 rings (SSSR count). The fraction of sp³-hybridized carbons (Fsp3) is 0.278. The summed E-state index contributed by atoms with van der Waals surface area (Å²) < 4.78 is 0. The topological polar surface area (TPSA) is 62.3 Å². The van der Waals surface area contributed by atoms with Crippen LogP contribution in [0.2, 0.25) is 0 Å². The minimum absolute atomic E-state index is 0.0101. The fourth-order valence-corrected chi connectivity index (χ4v) is 2.72. The lowest BCUT2D eigenvalue weighted by atomic mass is 10.1. The number of rotatable bonds is 4. The lowest BCUT2D eigenvalue weighted by molar-refractivity contribution is -0.122. The number of hydrogen-bond acceptors (Lipinski definition) is 3. The summed E-state index contributed by atoms with van der Waals surface area (Å²) in [5, 5.41) is 2.84. The van der Waals surface area contributed by atoms with E-state index in [1.54, 1.807) is 29.4 Å². The number of carbonyl (C=O) groups excluding carboxylic acids is 2. The third-order valence-electron chi connectivity index (χ3n) is 4.10. The van der Waals surface area contributed by atoms with Gasteiger partial charge in [0, 0.05) is 36.7 Å². The van der Waals surface area contributed by atoms with Gasteiger partial charge in [-0.1, -0.05) is 19.1 Å². The minimum Gasteiger partial charge on any atom is -0.326 e. The van der Waals surface area contributed by atoms with Crippen molar-refractivity contribution >= 4 is 23.2 Å². The Bertz CT molecular complexity index is 698. The van der Waals surface area contributed by atoms with Crippen LogP contribution in [0.1, 0.15) is 18.9 Å². The first-order chi connectivity index (χ1) is 11.2. The smallest absolute Gasteiger partial charge is 0.229 e. The molecule has 23 heavy (non-hydrogen) atoms. The average molecular weight is 309 g/mol. The van der Waals surface area contributed by atoms with Crippen LogP contribution < -0.4 is 10.2 Å². The summed E-state index contributed by atoms with van der Waals surface area (Å²) >= 11 is 0. The zero-order valence-electron chi connectivity index (χ0n) is 13.0. The lowest BCUT2D eigenvalue weighted by Crippen LogP contribution is -2.28. The number of carbonyl (C=O) groups is 2. The molecule has 1 saturated heterocycles. The van der Waals surface area contributed by atoms with Gasteiger partial charge < -0.3 is 10.2 Å². The molecule has 1 fully saturated rings. The van der Waals surface area contributed by atoms with Crippen molar-refractivity contribution in [2.45, 2.75) is 19.8 Å². The zero-order chi connectivity index (χ0) is 16.2. The van der Waals surface area contributed by atoms with Gasteiger partial charge in [0.2, 0.25) is 11.8 Å². The van der Waals surface area contributed by atoms with E-state index < -0.39 is 0 Å². The van der Waals surface area contributed by atoms with Crippen molar-refractivity contribution in [3.05, 3.63) is 54.4 Å². The van der Waals surface area contributed by atoms with Crippen molar-refractivity contribution in [3.8, 4) is 0 Å². The third kappa shape index (κ3) is 3.39. The van der Waals surface area contributed by atoms with Gasteiger partial charge in [-0.05, 0) is 36.2 Å². The Balaban J connectivity index is 1.67. The quantitative estimate of drug-likeness (QED) is 0.944. The van der Waals surface area contributed by atoms with E-state index in [0.717, 1.165) is 12.1 Å². The van der Waals surface area contributed by atoms with Gasteiger partial charge >= 0.3 is 0 Å². The molecule has 1 unspecified atom stereocenters. The van der Waals surface area contributed by atoms with E-state index in [2.05, 4.69) is 17.2 Å². The second-order valence-electron chi connectivity index (χ2n) is 5.65. The highest BCUT2D eigenvalue weighted by molar-refractivity contribution is 6.03. The molecule has 118 valence electrons. The number of pyridine rings is 1. The van der Waals surface area contributed by atoms with Crippen LogP contribution in [0.25, 0.3) is 0 Å². The summed E-state index contributed by atoms with van der Waals surface area (Å²) in [6.07, 6.45) is 4.45. The first kappa shape index (κ1) is 15.2. The van der Waals surface area contributed by atoms with E-state index in [9.17, 15) is 9.59 Å². The third-order valence-corrected chi connectivity index (χ3v) is 4.10. The molecule has 0 radical (unpaired) electrons. The van der Waals surface area contributed by atoms with Gasteiger partial charge in [-0.25, -0.2) is 0 Å². The number of nitrogens with one attached hydrogen (secondary N) is 1. The van der Waals surface area contributed by atoms with Crippen LogP contribution in [0.5, 0.6) is 0 Å². The van der Waals surface area contributed by atoms with Gasteiger partial charge in [-0.3, -0.25) is 14.6 Å². The molecule has 0 saturated carbocycles. The number of amides is 2. The SMILES string of the molecule is CCc1ccc(N2CC(C(=O)Nc3ccncc3)CC2=O)cc1. The maximum Gasteiger partial charge on any atom is 0.229 e. The Morgan fingerprint density at radius 1 is 1.22 bits per heavy atom. The van der Waals surface area contributed by atoms with E-state index in [4.69, 9.17) is 0 Å². The second-order valence-corrected chi connectivity index (χ2v) is 5.65. The normalized spacial score (nSPS) is 17.3. The molecule has 1 N–H and O–H groups in total. The molecular weight excluding hydrogens is 290 g/mol. The Morgan fingerprint density at radius 2 is 1.91 bits per heavy atom. The van der Waals surface area contributed by atoms with Crippen molar-refractivity contribution < 1.29 is 9.59 Å². The van der Waals surface area contributed by atoms with E-state index in [0.29, 0.717) is 12.2 Å². The molecule has 0 spiro atoms. The summed E-state index contributed by atoms with van der Waals surface area (Å²) in [6.45, 7) is 2.51. The van der Waals surface area contributed by atoms with Crippen molar-refractivity contribution in [3.63, 3.8) is 0 Å². The van der Waals surface area contributed by atoms with Gasteiger partial charge in [0.05, 0.1) is 5.92 Å². The highest BCUT2D eigenvalue weighted by Crippen LogP contribution is 2.26. The fourth-order valence-electron chi connectivity index (χ4n) is 2.72. The number of benzene rings is 1. The molecule has 2 amide bonds. The Kier molecular flexibility index (Phi) is 4.37. The molecule has 2 heterocycles. The van der Waals surface area contributed by atoms with Crippen LogP contribution in [0.3, 0.4) is 0 Å². The Labute approximate surface area is 135 Å². The Morgan fingerprint density at radius 3 is 2.57 bits per heavy atom. The van der Waals surface area contributed by atoms with E-state index in [-0.39, 0.29) is 24.2 Å². The Hall–Kier alpha value is -2.69. The summed E-state index contributed by atoms with van der Waals surface area (Å²) in [6, 6.07) is 11.4. The largest absolute Gasteiger partial charge is 0.326 e. The maximum absolute atomic E-state index is 12.3. The van der Waals surface area contributed by atoms with E-state index >= 15 is 0 Å². The van der Waals surface area contributed by atoms with Crippen molar-refractivity contribution in [1.82, 2.24) is 4.98 Å². The van der Waals surface area contributed by atoms with Crippen LogP contribution in [0, 0.1) is 5.92 Å². The predicted molar refractivity (Wildman–Crippen MR) is 89.1 cm³/mol. The highest BCUT2D eigenvalue weighted by Gasteiger charge is 2.35. The first-order valence-electron chi connectivity index (χ1n) is 7.77. The number of nitrogens with zero attached hydrogens (tertiary/aromatic N) is 2. The molecule has 5 heteroatoms. The summed E-state index contributed by atoms with van der Waals surface area (Å²) in [5.74, 6) is -0.470. The average Bonchev–Trinajstić information content (AvgIpc) is 2.98. The number of aryl methyl sites for hydroxylation is 1. The zero-order valence-corrected chi connectivity index (χ0v) is 13.0. The second kappa shape index (κ2) is 6.60. The standard InChI is InChI=1S/C18H19N3O2/c1-2-13-3-5-16(6-4-13)21-12-14(11-17(21)22)18(23)20-15-7-9-19-10-8-15/h3-10,14H,2,11-12H2,1H3,(H,19,20,23). The summed E-state index contributed by atoms with van der Waals surface area (Å²) in [5.41, 5.74) is 2.78. The molecule has 5 nitrogen and oxygen atoms in total. The van der Waals surface area contributed by atoms with Crippen molar-refractivity contribution in [2.24, 2.45) is 5.92 Å². The van der Waals surface area contributed by atoms with E-state index in [1.165, 1.54) is 5.56 Å². The van der Waals surface area contributed by atoms with Gasteiger partial charge in [0.25, 0.3) is 0 Å². The highest BCUT2D eigenvalue weighted by atomic mass is 16.2. The minimum atomic E-state index is -0.332. The first-order valence-corrected chi connectivity index (χ1v) is 7.77. The number of anilines is 2. The number of aromatic nitrogens is 1. The van der Waals surface area contributed by atoms with Crippen LogP contribution >= 0.6 is 0 Å². The lowest BCUT2D eigenvalue weighted by Gasteiger charge is -2.17. The predicted octanol–water partition coefficient (Wildman–Crippen LogP) is 2.64.